The highest BCUT2D eigenvalue weighted by Gasteiger charge is 2.33. The highest BCUT2D eigenvalue weighted by molar-refractivity contribution is 5.38. The van der Waals surface area contributed by atoms with Crippen molar-refractivity contribution in [3.8, 4) is 0 Å². The second-order valence-electron chi connectivity index (χ2n) is 5.86. The molecule has 0 N–H and O–H groups in total. The standard InChI is InChI=1S/C14H20F3N3/c1-10(2)8-11-4-3-7-20(9-11)13-6-5-12(18-19-13)14(15,16)17/h5-6,10-11H,3-4,7-9H2,1-2H3. The number of rotatable bonds is 3. The molecule has 6 heteroatoms. The summed E-state index contributed by atoms with van der Waals surface area (Å²) < 4.78 is 37.4. The van der Waals surface area contributed by atoms with Gasteiger partial charge < -0.3 is 4.90 Å². The first-order valence-corrected chi connectivity index (χ1v) is 7.02. The Labute approximate surface area is 117 Å². The van der Waals surface area contributed by atoms with Gasteiger partial charge in [-0.05, 0) is 43.2 Å². The van der Waals surface area contributed by atoms with Crippen molar-refractivity contribution in [3.05, 3.63) is 17.8 Å². The van der Waals surface area contributed by atoms with Crippen LogP contribution >= 0.6 is 0 Å². The van der Waals surface area contributed by atoms with Gasteiger partial charge in [-0.1, -0.05) is 13.8 Å². The zero-order chi connectivity index (χ0) is 14.8. The van der Waals surface area contributed by atoms with E-state index in [2.05, 4.69) is 24.0 Å². The van der Waals surface area contributed by atoms with Gasteiger partial charge in [-0.3, -0.25) is 0 Å². The Hall–Kier alpha value is -1.33. The molecule has 0 aliphatic carbocycles. The van der Waals surface area contributed by atoms with E-state index < -0.39 is 11.9 Å². The number of hydrogen-bond donors (Lipinski definition) is 0. The Balaban J connectivity index is 2.04. The molecule has 0 radical (unpaired) electrons. The average molecular weight is 287 g/mol. The maximum atomic E-state index is 12.5. The molecule has 0 amide bonds. The first kappa shape index (κ1) is 15.1. The summed E-state index contributed by atoms with van der Waals surface area (Å²) in [6.45, 7) is 6.08. The second-order valence-corrected chi connectivity index (χ2v) is 5.86. The van der Waals surface area contributed by atoms with Gasteiger partial charge in [0.05, 0.1) is 0 Å². The fourth-order valence-corrected chi connectivity index (χ4v) is 2.78. The molecule has 1 saturated heterocycles. The summed E-state index contributed by atoms with van der Waals surface area (Å²) in [5.74, 6) is 1.78. The minimum atomic E-state index is -4.42. The van der Waals surface area contributed by atoms with E-state index in [9.17, 15) is 13.2 Å². The monoisotopic (exact) mass is 287 g/mol. The molecule has 2 heterocycles. The van der Waals surface area contributed by atoms with Crippen molar-refractivity contribution in [2.45, 2.75) is 39.3 Å². The topological polar surface area (TPSA) is 29.0 Å². The van der Waals surface area contributed by atoms with Crippen molar-refractivity contribution in [2.24, 2.45) is 11.8 Å². The molecule has 1 aliphatic heterocycles. The molecule has 1 atom stereocenters. The molecule has 1 aromatic rings. The molecule has 1 unspecified atom stereocenters. The maximum Gasteiger partial charge on any atom is 0.435 e. The van der Waals surface area contributed by atoms with E-state index in [-0.39, 0.29) is 0 Å². The van der Waals surface area contributed by atoms with E-state index in [1.807, 2.05) is 4.90 Å². The number of nitrogens with zero attached hydrogens (tertiary/aromatic N) is 3. The Morgan fingerprint density at radius 3 is 2.60 bits per heavy atom. The molecule has 0 spiro atoms. The third kappa shape index (κ3) is 3.84. The molecule has 20 heavy (non-hydrogen) atoms. The van der Waals surface area contributed by atoms with Crippen molar-refractivity contribution >= 4 is 5.82 Å². The van der Waals surface area contributed by atoms with E-state index in [0.717, 1.165) is 32.0 Å². The third-order valence-corrected chi connectivity index (χ3v) is 3.59. The lowest BCUT2D eigenvalue weighted by Crippen LogP contribution is -2.36. The lowest BCUT2D eigenvalue weighted by atomic mass is 9.90. The number of anilines is 1. The van der Waals surface area contributed by atoms with Crippen LogP contribution in [-0.4, -0.2) is 23.3 Å². The number of alkyl halides is 3. The van der Waals surface area contributed by atoms with Gasteiger partial charge in [-0.15, -0.1) is 10.2 Å². The predicted octanol–water partition coefficient (Wildman–Crippen LogP) is 3.76. The maximum absolute atomic E-state index is 12.5. The first-order chi connectivity index (χ1) is 9.36. The quantitative estimate of drug-likeness (QED) is 0.847. The average Bonchev–Trinajstić information content (AvgIpc) is 2.37. The number of hydrogen-bond acceptors (Lipinski definition) is 3. The van der Waals surface area contributed by atoms with Crippen molar-refractivity contribution in [1.29, 1.82) is 0 Å². The molecule has 2 rings (SSSR count). The van der Waals surface area contributed by atoms with Gasteiger partial charge in [0.25, 0.3) is 0 Å². The molecule has 3 nitrogen and oxygen atoms in total. The van der Waals surface area contributed by atoms with Crippen molar-refractivity contribution < 1.29 is 13.2 Å². The van der Waals surface area contributed by atoms with Crippen LogP contribution in [0.2, 0.25) is 0 Å². The van der Waals surface area contributed by atoms with Gasteiger partial charge in [0.1, 0.15) is 0 Å². The fourth-order valence-electron chi connectivity index (χ4n) is 2.78. The summed E-state index contributed by atoms with van der Waals surface area (Å²) in [7, 11) is 0. The largest absolute Gasteiger partial charge is 0.435 e. The highest BCUT2D eigenvalue weighted by Crippen LogP contribution is 2.29. The smallest absolute Gasteiger partial charge is 0.355 e. The van der Waals surface area contributed by atoms with Crippen molar-refractivity contribution in [3.63, 3.8) is 0 Å². The zero-order valence-electron chi connectivity index (χ0n) is 11.8. The van der Waals surface area contributed by atoms with Crippen LogP contribution in [0.4, 0.5) is 19.0 Å². The molecule has 0 aromatic carbocycles. The Kier molecular flexibility index (Phi) is 4.50. The van der Waals surface area contributed by atoms with Gasteiger partial charge in [0, 0.05) is 13.1 Å². The summed E-state index contributed by atoms with van der Waals surface area (Å²) in [5, 5.41) is 7.03. The summed E-state index contributed by atoms with van der Waals surface area (Å²) in [4.78, 5) is 2.05. The van der Waals surface area contributed by atoms with Crippen LogP contribution in [-0.2, 0) is 6.18 Å². The fraction of sp³-hybridized carbons (Fsp3) is 0.714. The van der Waals surface area contributed by atoms with Gasteiger partial charge in [0.15, 0.2) is 11.5 Å². The van der Waals surface area contributed by atoms with Crippen LogP contribution in [0.3, 0.4) is 0 Å². The van der Waals surface area contributed by atoms with Crippen molar-refractivity contribution in [1.82, 2.24) is 10.2 Å². The van der Waals surface area contributed by atoms with E-state index in [0.29, 0.717) is 17.7 Å². The van der Waals surface area contributed by atoms with Gasteiger partial charge in [-0.25, -0.2) is 0 Å². The molecule has 1 aliphatic rings. The minimum Gasteiger partial charge on any atom is -0.355 e. The molecule has 0 saturated carbocycles. The first-order valence-electron chi connectivity index (χ1n) is 7.02. The van der Waals surface area contributed by atoms with Crippen LogP contribution < -0.4 is 4.90 Å². The van der Waals surface area contributed by atoms with Crippen LogP contribution in [0.15, 0.2) is 12.1 Å². The lowest BCUT2D eigenvalue weighted by molar-refractivity contribution is -0.141. The van der Waals surface area contributed by atoms with Gasteiger partial charge >= 0.3 is 6.18 Å². The van der Waals surface area contributed by atoms with Crippen LogP contribution in [0.5, 0.6) is 0 Å². The SMILES string of the molecule is CC(C)CC1CCCN(c2ccc(C(F)(F)F)nn2)C1. The number of halogens is 3. The molecule has 0 bridgehead atoms. The Bertz CT molecular complexity index is 428. The van der Waals surface area contributed by atoms with E-state index >= 15 is 0 Å². The Morgan fingerprint density at radius 1 is 1.30 bits per heavy atom. The number of piperidine rings is 1. The Morgan fingerprint density at radius 2 is 2.05 bits per heavy atom. The van der Waals surface area contributed by atoms with Crippen molar-refractivity contribution in [2.75, 3.05) is 18.0 Å². The molecule has 1 fully saturated rings. The minimum absolute atomic E-state index is 0.548. The number of aromatic nitrogens is 2. The van der Waals surface area contributed by atoms with Crippen LogP contribution in [0, 0.1) is 11.8 Å². The lowest BCUT2D eigenvalue weighted by Gasteiger charge is -2.34. The highest BCUT2D eigenvalue weighted by atomic mass is 19.4. The zero-order valence-corrected chi connectivity index (χ0v) is 11.8. The normalized spacial score (nSPS) is 20.5. The summed E-state index contributed by atoms with van der Waals surface area (Å²) >= 11 is 0. The van der Waals surface area contributed by atoms with Crippen LogP contribution in [0.1, 0.15) is 38.8 Å². The van der Waals surface area contributed by atoms with E-state index in [1.165, 1.54) is 12.5 Å². The summed E-state index contributed by atoms with van der Waals surface area (Å²) in [6, 6.07) is 2.43. The second kappa shape index (κ2) is 5.97. The summed E-state index contributed by atoms with van der Waals surface area (Å²) in [5.41, 5.74) is -0.933. The molecular formula is C14H20F3N3. The predicted molar refractivity (Wildman–Crippen MR) is 71.4 cm³/mol. The molecule has 1 aromatic heterocycles. The van der Waals surface area contributed by atoms with Gasteiger partial charge in [-0.2, -0.15) is 13.2 Å². The van der Waals surface area contributed by atoms with Crippen LogP contribution in [0.25, 0.3) is 0 Å². The molecule has 112 valence electrons. The third-order valence-electron chi connectivity index (χ3n) is 3.59. The van der Waals surface area contributed by atoms with E-state index in [4.69, 9.17) is 0 Å². The molecular weight excluding hydrogens is 267 g/mol. The summed E-state index contributed by atoms with van der Waals surface area (Å²) in [6.07, 6.45) is -1.04. The van der Waals surface area contributed by atoms with E-state index in [1.54, 1.807) is 0 Å². The van der Waals surface area contributed by atoms with Gasteiger partial charge in [0.2, 0.25) is 0 Å².